The van der Waals surface area contributed by atoms with Crippen molar-refractivity contribution in [3.8, 4) is 0 Å². The van der Waals surface area contributed by atoms with Crippen LogP contribution in [0, 0.1) is 0 Å². The summed E-state index contributed by atoms with van der Waals surface area (Å²) >= 11 is 1.56. The van der Waals surface area contributed by atoms with Crippen molar-refractivity contribution in [1.29, 1.82) is 0 Å². The van der Waals surface area contributed by atoms with Gasteiger partial charge in [-0.25, -0.2) is 0 Å². The molecule has 0 spiro atoms. The van der Waals surface area contributed by atoms with Crippen LogP contribution >= 0.6 is 11.8 Å². The van der Waals surface area contributed by atoms with Crippen LogP contribution in [0.5, 0.6) is 0 Å². The molecule has 0 atom stereocenters. The van der Waals surface area contributed by atoms with E-state index in [9.17, 15) is 4.79 Å². The van der Waals surface area contributed by atoms with E-state index in [1.807, 2.05) is 27.0 Å². The van der Waals surface area contributed by atoms with Gasteiger partial charge in [0.2, 0.25) is 0 Å². The number of hydrogen-bond acceptors (Lipinski definition) is 4. The van der Waals surface area contributed by atoms with Gasteiger partial charge >= 0.3 is 5.97 Å². The highest BCUT2D eigenvalue weighted by molar-refractivity contribution is 8.00. The van der Waals surface area contributed by atoms with Crippen molar-refractivity contribution < 1.29 is 9.53 Å². The van der Waals surface area contributed by atoms with Gasteiger partial charge in [0, 0.05) is 6.04 Å². The number of carbonyl (C=O) groups excluding carboxylic acids is 1. The van der Waals surface area contributed by atoms with Gasteiger partial charge in [0.05, 0.1) is 0 Å². The molecular formula is C10H19NO2S. The molecule has 1 saturated carbocycles. The van der Waals surface area contributed by atoms with Crippen LogP contribution in [-0.2, 0) is 9.53 Å². The van der Waals surface area contributed by atoms with Crippen molar-refractivity contribution in [2.24, 2.45) is 5.73 Å². The quantitative estimate of drug-likeness (QED) is 0.713. The molecule has 0 amide bonds. The summed E-state index contributed by atoms with van der Waals surface area (Å²) in [4.78, 5) is 11.8. The van der Waals surface area contributed by atoms with Gasteiger partial charge in [-0.1, -0.05) is 0 Å². The molecule has 1 aliphatic rings. The molecule has 0 radical (unpaired) electrons. The Balaban J connectivity index is 2.59. The first kappa shape index (κ1) is 11.9. The molecule has 0 saturated heterocycles. The maximum Gasteiger partial charge on any atom is 0.322 e. The lowest BCUT2D eigenvalue weighted by molar-refractivity contribution is -0.160. The fourth-order valence-electron chi connectivity index (χ4n) is 1.58. The standard InChI is InChI=1S/C10H19NO2S/c1-9(2,3)13-8(12)10(14-4)5-7(11)6-10/h7H,5-6,11H2,1-4H3. The van der Waals surface area contributed by atoms with E-state index in [1.54, 1.807) is 11.8 Å². The molecule has 4 heteroatoms. The summed E-state index contributed by atoms with van der Waals surface area (Å²) in [5.74, 6) is -0.112. The second-order valence-corrected chi connectivity index (χ2v) is 6.06. The number of rotatable bonds is 2. The Hall–Kier alpha value is -0.220. The van der Waals surface area contributed by atoms with E-state index in [0.29, 0.717) is 0 Å². The van der Waals surface area contributed by atoms with Crippen LogP contribution < -0.4 is 5.73 Å². The topological polar surface area (TPSA) is 52.3 Å². The molecule has 0 aromatic carbocycles. The zero-order valence-electron chi connectivity index (χ0n) is 9.29. The van der Waals surface area contributed by atoms with E-state index < -0.39 is 5.60 Å². The van der Waals surface area contributed by atoms with Crippen LogP contribution in [0.25, 0.3) is 0 Å². The van der Waals surface area contributed by atoms with E-state index in [4.69, 9.17) is 10.5 Å². The summed E-state index contributed by atoms with van der Waals surface area (Å²) in [6.45, 7) is 5.66. The maximum absolute atomic E-state index is 11.8. The number of ether oxygens (including phenoxy) is 1. The zero-order valence-corrected chi connectivity index (χ0v) is 10.1. The second-order valence-electron chi connectivity index (χ2n) is 4.87. The monoisotopic (exact) mass is 217 g/mol. The third-order valence-electron chi connectivity index (χ3n) is 2.35. The average molecular weight is 217 g/mol. The number of carbonyl (C=O) groups is 1. The first-order valence-corrected chi connectivity index (χ1v) is 6.06. The van der Waals surface area contributed by atoms with Gasteiger partial charge in [-0.3, -0.25) is 4.79 Å². The van der Waals surface area contributed by atoms with Crippen LogP contribution in [0.1, 0.15) is 33.6 Å². The van der Waals surface area contributed by atoms with Crippen LogP contribution in [0.15, 0.2) is 0 Å². The highest BCUT2D eigenvalue weighted by Gasteiger charge is 2.50. The Morgan fingerprint density at radius 3 is 2.29 bits per heavy atom. The normalized spacial score (nSPS) is 32.2. The average Bonchev–Trinajstić information content (AvgIpc) is 1.94. The molecule has 0 bridgehead atoms. The smallest absolute Gasteiger partial charge is 0.322 e. The minimum Gasteiger partial charge on any atom is -0.459 e. The van der Waals surface area contributed by atoms with Crippen LogP contribution in [-0.4, -0.2) is 28.6 Å². The predicted octanol–water partition coefficient (Wildman–Crippen LogP) is 1.55. The van der Waals surface area contributed by atoms with Gasteiger partial charge in [0.15, 0.2) is 0 Å². The summed E-state index contributed by atoms with van der Waals surface area (Å²) in [7, 11) is 0. The van der Waals surface area contributed by atoms with Crippen molar-refractivity contribution in [3.63, 3.8) is 0 Å². The molecule has 0 aliphatic heterocycles. The molecule has 82 valence electrons. The molecule has 1 aliphatic carbocycles. The van der Waals surface area contributed by atoms with Crippen molar-refractivity contribution >= 4 is 17.7 Å². The van der Waals surface area contributed by atoms with E-state index in [-0.39, 0.29) is 16.8 Å². The highest BCUT2D eigenvalue weighted by Crippen LogP contribution is 2.43. The Bertz CT molecular complexity index is 229. The SMILES string of the molecule is CSC1(C(=O)OC(C)(C)C)CC(N)C1. The first-order valence-electron chi connectivity index (χ1n) is 4.83. The maximum atomic E-state index is 11.8. The van der Waals surface area contributed by atoms with Crippen molar-refractivity contribution in [3.05, 3.63) is 0 Å². The van der Waals surface area contributed by atoms with E-state index in [1.165, 1.54) is 0 Å². The van der Waals surface area contributed by atoms with Crippen molar-refractivity contribution in [2.45, 2.75) is 50.0 Å². The number of thioether (sulfide) groups is 1. The molecule has 14 heavy (non-hydrogen) atoms. The minimum absolute atomic E-state index is 0.112. The molecule has 0 aromatic rings. The van der Waals surface area contributed by atoms with E-state index in [0.717, 1.165) is 12.8 Å². The fourth-order valence-corrected chi connectivity index (χ4v) is 2.54. The summed E-state index contributed by atoms with van der Waals surface area (Å²) in [5.41, 5.74) is 5.31. The lowest BCUT2D eigenvalue weighted by Gasteiger charge is -2.43. The second kappa shape index (κ2) is 3.74. The summed E-state index contributed by atoms with van der Waals surface area (Å²) in [6.07, 6.45) is 3.42. The van der Waals surface area contributed by atoms with E-state index in [2.05, 4.69) is 0 Å². The third kappa shape index (κ3) is 2.42. The minimum atomic E-state index is -0.403. The molecule has 3 nitrogen and oxygen atoms in total. The largest absolute Gasteiger partial charge is 0.459 e. The van der Waals surface area contributed by atoms with Gasteiger partial charge < -0.3 is 10.5 Å². The van der Waals surface area contributed by atoms with Crippen molar-refractivity contribution in [1.82, 2.24) is 0 Å². The Morgan fingerprint density at radius 1 is 1.50 bits per heavy atom. The number of hydrogen-bond donors (Lipinski definition) is 1. The zero-order chi connectivity index (χ0) is 11.0. The molecule has 0 unspecified atom stereocenters. The van der Waals surface area contributed by atoms with Crippen LogP contribution in [0.3, 0.4) is 0 Å². The fraction of sp³-hybridized carbons (Fsp3) is 0.900. The Kier molecular flexibility index (Phi) is 3.17. The molecule has 1 fully saturated rings. The molecule has 0 heterocycles. The molecule has 2 N–H and O–H groups in total. The first-order chi connectivity index (χ1) is 6.29. The van der Waals surface area contributed by atoms with Gasteiger partial charge in [0.25, 0.3) is 0 Å². The molecule has 1 rings (SSSR count). The molecule has 0 aromatic heterocycles. The lowest BCUT2D eigenvalue weighted by atomic mass is 9.79. The van der Waals surface area contributed by atoms with Gasteiger partial charge in [0.1, 0.15) is 10.3 Å². The van der Waals surface area contributed by atoms with E-state index >= 15 is 0 Å². The van der Waals surface area contributed by atoms with Crippen LogP contribution in [0.4, 0.5) is 0 Å². The van der Waals surface area contributed by atoms with Crippen LogP contribution in [0.2, 0.25) is 0 Å². The van der Waals surface area contributed by atoms with Gasteiger partial charge in [-0.05, 0) is 39.9 Å². The lowest BCUT2D eigenvalue weighted by Crippen LogP contribution is -2.55. The Labute approximate surface area is 89.8 Å². The predicted molar refractivity (Wildman–Crippen MR) is 59.3 cm³/mol. The summed E-state index contributed by atoms with van der Waals surface area (Å²) in [5, 5.41) is 0. The van der Waals surface area contributed by atoms with Gasteiger partial charge in [-0.15, -0.1) is 11.8 Å². The third-order valence-corrected chi connectivity index (χ3v) is 3.63. The number of esters is 1. The summed E-state index contributed by atoms with van der Waals surface area (Å²) in [6, 6.07) is 0.162. The molecular weight excluding hydrogens is 198 g/mol. The highest BCUT2D eigenvalue weighted by atomic mass is 32.2. The van der Waals surface area contributed by atoms with Crippen molar-refractivity contribution in [2.75, 3.05) is 6.26 Å². The Morgan fingerprint density at radius 2 is 2.00 bits per heavy atom. The van der Waals surface area contributed by atoms with Gasteiger partial charge in [-0.2, -0.15) is 0 Å². The number of nitrogens with two attached hydrogens (primary N) is 1. The summed E-state index contributed by atoms with van der Waals surface area (Å²) < 4.78 is 5.00.